The highest BCUT2D eigenvalue weighted by atomic mass is 16.5. The van der Waals surface area contributed by atoms with Gasteiger partial charge in [-0.1, -0.05) is 6.07 Å². The van der Waals surface area contributed by atoms with Crippen molar-refractivity contribution in [2.24, 2.45) is 23.2 Å². The van der Waals surface area contributed by atoms with E-state index in [4.69, 9.17) is 4.74 Å². The fourth-order valence-corrected chi connectivity index (χ4v) is 5.26. The Hall–Kier alpha value is -1.91. The number of esters is 1. The molecule has 1 heterocycles. The van der Waals surface area contributed by atoms with Gasteiger partial charge in [0.1, 0.15) is 5.82 Å². The highest BCUT2D eigenvalue weighted by Crippen LogP contribution is 2.60. The van der Waals surface area contributed by atoms with Crippen LogP contribution in [0, 0.1) is 23.2 Å². The van der Waals surface area contributed by atoms with Crippen LogP contribution < -0.4 is 5.32 Å². The minimum Gasteiger partial charge on any atom is -0.455 e. The number of nitrogens with one attached hydrogen (secondary N) is 1. The number of aromatic nitrogens is 1. The molecule has 4 aliphatic carbocycles. The molecule has 5 rings (SSSR count). The van der Waals surface area contributed by atoms with Gasteiger partial charge in [0.25, 0.3) is 5.91 Å². The van der Waals surface area contributed by atoms with E-state index in [0.29, 0.717) is 23.6 Å². The highest BCUT2D eigenvalue weighted by Gasteiger charge is 2.55. The largest absolute Gasteiger partial charge is 0.455 e. The first-order valence-electron chi connectivity index (χ1n) is 8.51. The SMILES string of the molecule is O=C(COC(=O)C12CC3CC(CC(C3)C1)C2)Nc1ccccn1. The number of anilines is 1. The lowest BCUT2D eigenvalue weighted by atomic mass is 9.49. The van der Waals surface area contributed by atoms with Gasteiger partial charge in [0.05, 0.1) is 5.41 Å². The third-order valence-electron chi connectivity index (χ3n) is 5.74. The van der Waals surface area contributed by atoms with E-state index in [-0.39, 0.29) is 23.9 Å². The number of hydrogen-bond donors (Lipinski definition) is 1. The average Bonchev–Trinajstić information content (AvgIpc) is 2.52. The normalized spacial score (nSPS) is 34.2. The number of rotatable bonds is 4. The minimum absolute atomic E-state index is 0.159. The number of carbonyl (C=O) groups excluding carboxylic acids is 2. The van der Waals surface area contributed by atoms with Crippen molar-refractivity contribution in [3.63, 3.8) is 0 Å². The Labute approximate surface area is 135 Å². The molecule has 0 saturated heterocycles. The van der Waals surface area contributed by atoms with Crippen LogP contribution in [0.5, 0.6) is 0 Å². The molecule has 5 nitrogen and oxygen atoms in total. The van der Waals surface area contributed by atoms with Crippen molar-refractivity contribution in [3.05, 3.63) is 24.4 Å². The Balaban J connectivity index is 1.34. The van der Waals surface area contributed by atoms with Gasteiger partial charge in [0.15, 0.2) is 6.61 Å². The fourth-order valence-electron chi connectivity index (χ4n) is 5.26. The quantitative estimate of drug-likeness (QED) is 0.868. The van der Waals surface area contributed by atoms with Crippen molar-refractivity contribution in [2.45, 2.75) is 38.5 Å². The Morgan fingerprint density at radius 2 is 1.78 bits per heavy atom. The predicted molar refractivity (Wildman–Crippen MR) is 84.4 cm³/mol. The monoisotopic (exact) mass is 314 g/mol. The molecule has 4 fully saturated rings. The molecule has 4 bridgehead atoms. The van der Waals surface area contributed by atoms with Crippen molar-refractivity contribution in [2.75, 3.05) is 11.9 Å². The third kappa shape index (κ3) is 2.84. The lowest BCUT2D eigenvalue weighted by Gasteiger charge is -2.55. The molecule has 1 amide bonds. The fraction of sp³-hybridized carbons (Fsp3) is 0.611. The summed E-state index contributed by atoms with van der Waals surface area (Å²) in [5.74, 6) is 2.06. The Bertz CT molecular complexity index is 579. The average molecular weight is 314 g/mol. The van der Waals surface area contributed by atoms with Crippen LogP contribution >= 0.6 is 0 Å². The number of ether oxygens (including phenoxy) is 1. The van der Waals surface area contributed by atoms with Crippen LogP contribution in [0.1, 0.15) is 38.5 Å². The molecular formula is C18H22N2O3. The summed E-state index contributed by atoms with van der Waals surface area (Å²) in [5.41, 5.74) is -0.306. The van der Waals surface area contributed by atoms with Gasteiger partial charge in [-0.3, -0.25) is 9.59 Å². The molecule has 4 aliphatic rings. The molecule has 0 atom stereocenters. The number of hydrogen-bond acceptors (Lipinski definition) is 4. The molecule has 1 N–H and O–H groups in total. The molecule has 23 heavy (non-hydrogen) atoms. The molecule has 0 aromatic carbocycles. The van der Waals surface area contributed by atoms with E-state index in [2.05, 4.69) is 10.3 Å². The first kappa shape index (κ1) is 14.7. The van der Waals surface area contributed by atoms with Crippen LogP contribution in [0.3, 0.4) is 0 Å². The molecule has 0 aliphatic heterocycles. The number of amides is 1. The van der Waals surface area contributed by atoms with Crippen molar-refractivity contribution >= 4 is 17.7 Å². The summed E-state index contributed by atoms with van der Waals surface area (Å²) in [4.78, 5) is 28.6. The zero-order valence-electron chi connectivity index (χ0n) is 13.2. The molecule has 0 radical (unpaired) electrons. The van der Waals surface area contributed by atoms with Crippen LogP contribution in [0.4, 0.5) is 5.82 Å². The second-order valence-corrected chi connectivity index (χ2v) is 7.54. The maximum atomic E-state index is 12.6. The van der Waals surface area contributed by atoms with Gasteiger partial charge in [-0.25, -0.2) is 4.98 Å². The van der Waals surface area contributed by atoms with Gasteiger partial charge in [-0.05, 0) is 68.4 Å². The van der Waals surface area contributed by atoms with Crippen molar-refractivity contribution in [1.29, 1.82) is 0 Å². The van der Waals surface area contributed by atoms with E-state index in [9.17, 15) is 9.59 Å². The van der Waals surface area contributed by atoms with Crippen LogP contribution in [-0.4, -0.2) is 23.5 Å². The minimum atomic E-state index is -0.332. The van der Waals surface area contributed by atoms with Crippen LogP contribution in [0.25, 0.3) is 0 Å². The van der Waals surface area contributed by atoms with Crippen LogP contribution in [0.2, 0.25) is 0 Å². The van der Waals surface area contributed by atoms with E-state index < -0.39 is 0 Å². The summed E-state index contributed by atoms with van der Waals surface area (Å²) < 4.78 is 5.38. The zero-order valence-corrected chi connectivity index (χ0v) is 13.2. The molecule has 122 valence electrons. The van der Waals surface area contributed by atoms with Gasteiger partial charge in [0, 0.05) is 6.20 Å². The van der Waals surface area contributed by atoms with Crippen molar-refractivity contribution < 1.29 is 14.3 Å². The summed E-state index contributed by atoms with van der Waals surface area (Å²) in [5, 5.41) is 2.64. The van der Waals surface area contributed by atoms with Crippen molar-refractivity contribution in [1.82, 2.24) is 4.98 Å². The van der Waals surface area contributed by atoms with Gasteiger partial charge in [0.2, 0.25) is 0 Å². The summed E-state index contributed by atoms with van der Waals surface area (Å²) >= 11 is 0. The summed E-state index contributed by atoms with van der Waals surface area (Å²) in [6, 6.07) is 5.28. The zero-order chi connectivity index (χ0) is 15.9. The van der Waals surface area contributed by atoms with Gasteiger partial charge in [-0.2, -0.15) is 0 Å². The Morgan fingerprint density at radius 3 is 2.35 bits per heavy atom. The molecule has 5 heteroatoms. The van der Waals surface area contributed by atoms with E-state index in [1.165, 1.54) is 19.3 Å². The predicted octanol–water partition coefficient (Wildman–Crippen LogP) is 2.78. The maximum Gasteiger partial charge on any atom is 0.312 e. The number of carbonyl (C=O) groups is 2. The van der Waals surface area contributed by atoms with E-state index in [1.807, 2.05) is 0 Å². The van der Waals surface area contributed by atoms with E-state index in [0.717, 1.165) is 19.3 Å². The van der Waals surface area contributed by atoms with Gasteiger partial charge in [-0.15, -0.1) is 0 Å². The summed E-state index contributed by atoms with van der Waals surface area (Å²) in [6.07, 6.45) is 8.34. The summed E-state index contributed by atoms with van der Waals surface area (Å²) in [6.45, 7) is -0.225. The smallest absolute Gasteiger partial charge is 0.312 e. The highest BCUT2D eigenvalue weighted by molar-refractivity contribution is 5.92. The van der Waals surface area contributed by atoms with Crippen LogP contribution in [-0.2, 0) is 14.3 Å². The number of pyridine rings is 1. The van der Waals surface area contributed by atoms with Crippen molar-refractivity contribution in [3.8, 4) is 0 Å². The topological polar surface area (TPSA) is 68.3 Å². The Morgan fingerprint density at radius 1 is 1.13 bits per heavy atom. The van der Waals surface area contributed by atoms with Crippen LogP contribution in [0.15, 0.2) is 24.4 Å². The second kappa shape index (κ2) is 5.62. The molecule has 1 aromatic heterocycles. The Kier molecular flexibility index (Phi) is 3.58. The first-order chi connectivity index (χ1) is 11.1. The standard InChI is InChI=1S/C18H22N2O3/c21-16(20-15-3-1-2-4-19-15)11-23-17(22)18-8-12-5-13(9-18)7-14(6-12)10-18/h1-4,12-14H,5-11H2,(H,19,20,21). The van der Waals surface area contributed by atoms with E-state index in [1.54, 1.807) is 24.4 Å². The van der Waals surface area contributed by atoms with Gasteiger partial charge >= 0.3 is 5.97 Å². The number of nitrogens with zero attached hydrogens (tertiary/aromatic N) is 1. The molecule has 4 saturated carbocycles. The maximum absolute atomic E-state index is 12.6. The third-order valence-corrected chi connectivity index (χ3v) is 5.74. The lowest BCUT2D eigenvalue weighted by Crippen LogP contribution is -2.50. The first-order valence-corrected chi connectivity index (χ1v) is 8.51. The summed E-state index contributed by atoms with van der Waals surface area (Å²) in [7, 11) is 0. The molecule has 0 unspecified atom stereocenters. The van der Waals surface area contributed by atoms with E-state index >= 15 is 0 Å². The molecule has 1 aromatic rings. The lowest BCUT2D eigenvalue weighted by molar-refractivity contribution is -0.172. The second-order valence-electron chi connectivity index (χ2n) is 7.54. The van der Waals surface area contributed by atoms with Gasteiger partial charge < -0.3 is 10.1 Å². The molecule has 0 spiro atoms. The molecular weight excluding hydrogens is 292 g/mol.